The van der Waals surface area contributed by atoms with Crippen LogP contribution in [0, 0.1) is 17.8 Å². The van der Waals surface area contributed by atoms with Crippen LogP contribution in [0.15, 0.2) is 0 Å². The van der Waals surface area contributed by atoms with E-state index in [4.69, 9.17) is 18.0 Å². The van der Waals surface area contributed by atoms with Gasteiger partial charge < -0.3 is 18.0 Å². The van der Waals surface area contributed by atoms with E-state index in [9.17, 15) is 0 Å². The molecule has 4 nitrogen and oxygen atoms in total. The lowest BCUT2D eigenvalue weighted by Gasteiger charge is -2.38. The molecule has 0 bridgehead atoms. The fraction of sp³-hybridized carbons (Fsp3) is 1.00. The average molecular weight is 471 g/mol. The van der Waals surface area contributed by atoms with Crippen LogP contribution in [0.4, 0.5) is 0 Å². The van der Waals surface area contributed by atoms with Crippen LogP contribution in [0.2, 0.25) is 6.04 Å². The highest BCUT2D eigenvalue weighted by Crippen LogP contribution is 2.41. The van der Waals surface area contributed by atoms with E-state index in [1.807, 2.05) is 20.8 Å². The smallest absolute Gasteiger partial charge is 0.378 e. The molecule has 0 heterocycles. The Hall–Kier alpha value is 0.0569. The predicted octanol–water partition coefficient (Wildman–Crippen LogP) is 7.78. The van der Waals surface area contributed by atoms with Gasteiger partial charge in [0, 0.05) is 32.5 Å². The molecule has 2 aliphatic carbocycles. The summed E-state index contributed by atoms with van der Waals surface area (Å²) in [6.07, 6.45) is 19.9. The largest absolute Gasteiger partial charge is 0.501 e. The zero-order chi connectivity index (χ0) is 23.1. The summed E-state index contributed by atoms with van der Waals surface area (Å²) in [5, 5.41) is 0. The fourth-order valence-electron chi connectivity index (χ4n) is 6.07. The second kappa shape index (κ2) is 16.6. The third-order valence-electron chi connectivity index (χ3n) is 7.82. The van der Waals surface area contributed by atoms with E-state index in [0.717, 1.165) is 36.8 Å². The molecule has 2 saturated carbocycles. The number of rotatable bonds is 17. The van der Waals surface area contributed by atoms with Gasteiger partial charge in [0.1, 0.15) is 0 Å². The van der Waals surface area contributed by atoms with Crippen molar-refractivity contribution < 1.29 is 18.0 Å². The normalized spacial score (nSPS) is 27.0. The Morgan fingerprint density at radius 1 is 0.625 bits per heavy atom. The number of ether oxygens (including phenoxy) is 1. The van der Waals surface area contributed by atoms with Crippen molar-refractivity contribution in [2.45, 2.75) is 130 Å². The zero-order valence-electron chi connectivity index (χ0n) is 21.9. The van der Waals surface area contributed by atoms with Gasteiger partial charge in [0.25, 0.3) is 0 Å². The summed E-state index contributed by atoms with van der Waals surface area (Å²) in [6.45, 7) is 11.1. The standard InChI is InChI=1S/C27H54O4Si/c1-5-9-10-11-13-24-14-16-25(17-15-24)26-18-20-27(21-19-26)28-22-12-23-32(29-6-2,30-7-3)31-8-4/h24-27H,5-23H2,1-4H3/t24-,25-,26-,27-. The van der Waals surface area contributed by atoms with Crippen molar-refractivity contribution in [1.82, 2.24) is 0 Å². The van der Waals surface area contributed by atoms with Crippen LogP contribution in [0.25, 0.3) is 0 Å². The highest BCUT2D eigenvalue weighted by molar-refractivity contribution is 6.60. The van der Waals surface area contributed by atoms with E-state index < -0.39 is 8.80 Å². The molecule has 0 atom stereocenters. The maximum atomic E-state index is 6.29. The molecular weight excluding hydrogens is 416 g/mol. The minimum Gasteiger partial charge on any atom is -0.378 e. The molecule has 0 aromatic carbocycles. The van der Waals surface area contributed by atoms with Gasteiger partial charge in [-0.05, 0) is 83.5 Å². The van der Waals surface area contributed by atoms with E-state index in [-0.39, 0.29) is 0 Å². The van der Waals surface area contributed by atoms with Gasteiger partial charge in [-0.3, -0.25) is 0 Å². The van der Waals surface area contributed by atoms with Crippen molar-refractivity contribution in [2.75, 3.05) is 26.4 Å². The molecule has 0 N–H and O–H groups in total. The van der Waals surface area contributed by atoms with Crippen LogP contribution in [-0.4, -0.2) is 41.3 Å². The Balaban J connectivity index is 1.59. The molecule has 2 rings (SSSR count). The lowest BCUT2D eigenvalue weighted by molar-refractivity contribution is 0.00424. The lowest BCUT2D eigenvalue weighted by atomic mass is 9.70. The molecule has 0 saturated heterocycles. The zero-order valence-corrected chi connectivity index (χ0v) is 22.9. The third kappa shape index (κ3) is 10.1. The second-order valence-corrected chi connectivity index (χ2v) is 12.9. The topological polar surface area (TPSA) is 36.9 Å². The summed E-state index contributed by atoms with van der Waals surface area (Å²) in [7, 11) is -2.51. The second-order valence-electron chi connectivity index (χ2n) is 10.1. The molecule has 0 amide bonds. The summed E-state index contributed by atoms with van der Waals surface area (Å²) in [6, 6.07) is 0.861. The minimum atomic E-state index is -2.51. The first-order valence-electron chi connectivity index (χ1n) is 14.2. The molecule has 0 spiro atoms. The van der Waals surface area contributed by atoms with E-state index in [0.29, 0.717) is 25.9 Å². The third-order valence-corrected chi connectivity index (χ3v) is 11.0. The van der Waals surface area contributed by atoms with Crippen molar-refractivity contribution >= 4 is 8.80 Å². The molecule has 5 heteroatoms. The van der Waals surface area contributed by atoms with Crippen LogP contribution in [0.1, 0.15) is 118 Å². The number of unbranched alkanes of at least 4 members (excludes halogenated alkanes) is 3. The molecule has 32 heavy (non-hydrogen) atoms. The molecule has 0 unspecified atom stereocenters. The van der Waals surface area contributed by atoms with Gasteiger partial charge >= 0.3 is 8.80 Å². The van der Waals surface area contributed by atoms with Crippen LogP contribution in [0.5, 0.6) is 0 Å². The summed E-state index contributed by atoms with van der Waals surface area (Å²) in [5.41, 5.74) is 0. The average Bonchev–Trinajstić information content (AvgIpc) is 2.81. The van der Waals surface area contributed by atoms with Crippen molar-refractivity contribution in [2.24, 2.45) is 17.8 Å². The van der Waals surface area contributed by atoms with Gasteiger partial charge in [-0.1, -0.05) is 51.9 Å². The molecule has 2 aliphatic rings. The lowest BCUT2D eigenvalue weighted by Crippen LogP contribution is -2.46. The number of hydrogen-bond acceptors (Lipinski definition) is 4. The highest BCUT2D eigenvalue weighted by atomic mass is 28.4. The predicted molar refractivity (Wildman–Crippen MR) is 136 cm³/mol. The summed E-state index contributed by atoms with van der Waals surface area (Å²) in [4.78, 5) is 0. The molecular formula is C27H54O4Si. The minimum absolute atomic E-state index is 0.462. The maximum absolute atomic E-state index is 6.29. The van der Waals surface area contributed by atoms with E-state index in [1.54, 1.807) is 0 Å². The van der Waals surface area contributed by atoms with Gasteiger partial charge in [-0.2, -0.15) is 0 Å². The van der Waals surface area contributed by atoms with Crippen molar-refractivity contribution in [3.63, 3.8) is 0 Å². The van der Waals surface area contributed by atoms with Crippen molar-refractivity contribution in [1.29, 1.82) is 0 Å². The van der Waals surface area contributed by atoms with Crippen LogP contribution >= 0.6 is 0 Å². The Kier molecular flexibility index (Phi) is 14.7. The van der Waals surface area contributed by atoms with E-state index in [1.165, 1.54) is 83.5 Å². The van der Waals surface area contributed by atoms with Gasteiger partial charge in [0.15, 0.2) is 0 Å². The highest BCUT2D eigenvalue weighted by Gasteiger charge is 2.39. The van der Waals surface area contributed by atoms with Gasteiger partial charge in [0.05, 0.1) is 6.10 Å². The Morgan fingerprint density at radius 3 is 1.72 bits per heavy atom. The summed E-state index contributed by atoms with van der Waals surface area (Å²) < 4.78 is 24.2. The first kappa shape index (κ1) is 28.3. The van der Waals surface area contributed by atoms with Crippen molar-refractivity contribution in [3.8, 4) is 0 Å². The van der Waals surface area contributed by atoms with Crippen LogP contribution < -0.4 is 0 Å². The van der Waals surface area contributed by atoms with E-state index >= 15 is 0 Å². The molecule has 0 radical (unpaired) electrons. The van der Waals surface area contributed by atoms with Gasteiger partial charge in [-0.25, -0.2) is 0 Å². The summed E-state index contributed by atoms with van der Waals surface area (Å²) in [5.74, 6) is 2.99. The first-order chi connectivity index (χ1) is 15.7. The fourth-order valence-corrected chi connectivity index (χ4v) is 8.65. The molecule has 0 aromatic heterocycles. The molecule has 0 aliphatic heterocycles. The molecule has 0 aromatic rings. The summed E-state index contributed by atoms with van der Waals surface area (Å²) >= 11 is 0. The Morgan fingerprint density at radius 2 is 1.19 bits per heavy atom. The van der Waals surface area contributed by atoms with E-state index in [2.05, 4.69) is 6.92 Å². The Bertz CT molecular complexity index is 428. The monoisotopic (exact) mass is 470 g/mol. The van der Waals surface area contributed by atoms with Gasteiger partial charge in [0.2, 0.25) is 0 Å². The maximum Gasteiger partial charge on any atom is 0.501 e. The van der Waals surface area contributed by atoms with Gasteiger partial charge in [-0.15, -0.1) is 0 Å². The van der Waals surface area contributed by atoms with Crippen molar-refractivity contribution in [3.05, 3.63) is 0 Å². The molecule has 190 valence electrons. The first-order valence-corrected chi connectivity index (χ1v) is 16.1. The van der Waals surface area contributed by atoms with Crippen LogP contribution in [-0.2, 0) is 18.0 Å². The quantitative estimate of drug-likeness (QED) is 0.161. The Labute approximate surface area is 200 Å². The van der Waals surface area contributed by atoms with Crippen LogP contribution in [0.3, 0.4) is 0 Å². The molecule has 2 fully saturated rings. The number of hydrogen-bond donors (Lipinski definition) is 0. The SMILES string of the molecule is CCCCCC[C@H]1CC[C@H]([C@H]2CC[C@H](OCCC[Si](OCC)(OCC)OCC)CC2)CC1.